The van der Waals surface area contributed by atoms with Gasteiger partial charge in [0.2, 0.25) is 0 Å². The van der Waals surface area contributed by atoms with Crippen LogP contribution < -0.4 is 4.74 Å². The highest BCUT2D eigenvalue weighted by molar-refractivity contribution is 6.04. The zero-order valence-corrected chi connectivity index (χ0v) is 15.2. The summed E-state index contributed by atoms with van der Waals surface area (Å²) in [7, 11) is 1.39. The molecule has 1 heterocycles. The predicted octanol–water partition coefficient (Wildman–Crippen LogP) is 5.26. The number of carbonyl (C=O) groups is 1. The lowest BCUT2D eigenvalue weighted by Crippen LogP contribution is -2.03. The number of para-hydroxylation sites is 1. The average Bonchev–Trinajstić information content (AvgIpc) is 2.70. The molecule has 0 aliphatic rings. The number of nitrogens with zero attached hydrogens (tertiary/aromatic N) is 1. The van der Waals surface area contributed by atoms with Crippen LogP contribution in [0.25, 0.3) is 22.2 Å². The van der Waals surface area contributed by atoms with E-state index in [4.69, 9.17) is 14.5 Å². The molecule has 3 rings (SSSR count). The molecule has 0 atom stereocenters. The minimum atomic E-state index is -0.360. The summed E-state index contributed by atoms with van der Waals surface area (Å²) in [5.74, 6) is 0.486. The number of benzene rings is 2. The number of methoxy groups -OCH3 is 1. The molecule has 3 aromatic rings. The van der Waals surface area contributed by atoms with Gasteiger partial charge in [-0.25, -0.2) is 9.78 Å². The van der Waals surface area contributed by atoms with Gasteiger partial charge < -0.3 is 9.47 Å². The Morgan fingerprint density at radius 2 is 1.81 bits per heavy atom. The van der Waals surface area contributed by atoms with E-state index in [1.807, 2.05) is 48.5 Å². The maximum absolute atomic E-state index is 12.2. The number of carbonyl (C=O) groups excluding carboxylic acids is 1. The van der Waals surface area contributed by atoms with Crippen molar-refractivity contribution in [3.8, 4) is 17.0 Å². The molecule has 1 aromatic heterocycles. The fraction of sp³-hybridized carbons (Fsp3) is 0.273. The number of rotatable bonds is 7. The number of pyridine rings is 1. The van der Waals surface area contributed by atoms with Crippen molar-refractivity contribution in [2.45, 2.75) is 26.2 Å². The molecule has 0 fully saturated rings. The van der Waals surface area contributed by atoms with E-state index in [1.54, 1.807) is 6.07 Å². The van der Waals surface area contributed by atoms with Crippen molar-refractivity contribution in [2.24, 2.45) is 0 Å². The Morgan fingerprint density at radius 1 is 1.04 bits per heavy atom. The van der Waals surface area contributed by atoms with Gasteiger partial charge in [0.05, 0.1) is 30.5 Å². The maximum atomic E-state index is 12.2. The molecule has 0 aliphatic heterocycles. The molecule has 26 heavy (non-hydrogen) atoms. The molecule has 2 aromatic carbocycles. The lowest BCUT2D eigenvalue weighted by Gasteiger charge is -2.10. The Balaban J connectivity index is 1.89. The van der Waals surface area contributed by atoms with Gasteiger partial charge in [-0.15, -0.1) is 0 Å². The molecule has 0 spiro atoms. The van der Waals surface area contributed by atoms with Crippen molar-refractivity contribution in [1.29, 1.82) is 0 Å². The fourth-order valence-corrected chi connectivity index (χ4v) is 2.87. The molecular weight excluding hydrogens is 326 g/mol. The number of unbranched alkanes of at least 4 members (excludes halogenated alkanes) is 2. The normalized spacial score (nSPS) is 10.7. The van der Waals surface area contributed by atoms with E-state index in [1.165, 1.54) is 20.0 Å². The lowest BCUT2D eigenvalue weighted by molar-refractivity contribution is 0.0603. The largest absolute Gasteiger partial charge is 0.494 e. The molecule has 0 saturated heterocycles. The minimum Gasteiger partial charge on any atom is -0.494 e. The SMILES string of the molecule is CCCCCOc1ccc(-c2cc(C(=O)OC)c3ccccc3n2)cc1. The third-order valence-electron chi connectivity index (χ3n) is 4.29. The van der Waals surface area contributed by atoms with Crippen molar-refractivity contribution in [3.63, 3.8) is 0 Å². The van der Waals surface area contributed by atoms with Crippen molar-refractivity contribution >= 4 is 16.9 Å². The summed E-state index contributed by atoms with van der Waals surface area (Å²) in [5, 5.41) is 0.791. The van der Waals surface area contributed by atoms with Gasteiger partial charge in [-0.1, -0.05) is 38.0 Å². The zero-order valence-electron chi connectivity index (χ0n) is 15.2. The highest BCUT2D eigenvalue weighted by Gasteiger charge is 2.14. The first-order valence-corrected chi connectivity index (χ1v) is 8.94. The Kier molecular flexibility index (Phi) is 5.84. The van der Waals surface area contributed by atoms with Gasteiger partial charge >= 0.3 is 5.97 Å². The van der Waals surface area contributed by atoms with Crippen LogP contribution in [0, 0.1) is 0 Å². The number of aromatic nitrogens is 1. The van der Waals surface area contributed by atoms with Gasteiger partial charge in [-0.05, 0) is 42.8 Å². The standard InChI is InChI=1S/C22H23NO3/c1-3-4-7-14-26-17-12-10-16(11-13-17)21-15-19(22(24)25-2)18-8-5-6-9-20(18)23-21/h5-6,8-13,15H,3-4,7,14H2,1-2H3. The van der Waals surface area contributed by atoms with Crippen molar-refractivity contribution < 1.29 is 14.3 Å². The Bertz CT molecular complexity index is 888. The molecule has 0 radical (unpaired) electrons. The molecule has 0 N–H and O–H groups in total. The number of fused-ring (bicyclic) bond motifs is 1. The van der Waals surface area contributed by atoms with Crippen LogP contribution in [0.3, 0.4) is 0 Å². The second-order valence-corrected chi connectivity index (χ2v) is 6.14. The van der Waals surface area contributed by atoms with E-state index in [9.17, 15) is 4.79 Å². The summed E-state index contributed by atoms with van der Waals surface area (Å²) >= 11 is 0. The summed E-state index contributed by atoms with van der Waals surface area (Å²) in [5.41, 5.74) is 2.96. The third-order valence-corrected chi connectivity index (χ3v) is 4.29. The van der Waals surface area contributed by atoms with Gasteiger partial charge in [-0.3, -0.25) is 0 Å². The Labute approximate surface area is 153 Å². The predicted molar refractivity (Wildman–Crippen MR) is 104 cm³/mol. The molecule has 4 nitrogen and oxygen atoms in total. The molecular formula is C22H23NO3. The summed E-state index contributed by atoms with van der Waals surface area (Å²) in [4.78, 5) is 16.9. The van der Waals surface area contributed by atoms with Crippen molar-refractivity contribution in [1.82, 2.24) is 4.98 Å². The topological polar surface area (TPSA) is 48.4 Å². The smallest absolute Gasteiger partial charge is 0.338 e. The van der Waals surface area contributed by atoms with Gasteiger partial charge in [-0.2, -0.15) is 0 Å². The van der Waals surface area contributed by atoms with E-state index < -0.39 is 0 Å². The van der Waals surface area contributed by atoms with E-state index >= 15 is 0 Å². The summed E-state index contributed by atoms with van der Waals surface area (Å²) in [6.45, 7) is 2.90. The molecule has 0 unspecified atom stereocenters. The van der Waals surface area contributed by atoms with Crippen LogP contribution in [0.5, 0.6) is 5.75 Å². The first kappa shape index (κ1) is 17.9. The van der Waals surface area contributed by atoms with Crippen LogP contribution in [0.2, 0.25) is 0 Å². The number of esters is 1. The fourth-order valence-electron chi connectivity index (χ4n) is 2.87. The van der Waals surface area contributed by atoms with Crippen molar-refractivity contribution in [2.75, 3.05) is 13.7 Å². The minimum absolute atomic E-state index is 0.360. The van der Waals surface area contributed by atoms with Crippen LogP contribution in [0.15, 0.2) is 54.6 Å². The van der Waals surface area contributed by atoms with Crippen LogP contribution >= 0.6 is 0 Å². The van der Waals surface area contributed by atoms with E-state index in [-0.39, 0.29) is 5.97 Å². The molecule has 0 amide bonds. The molecule has 134 valence electrons. The first-order chi connectivity index (χ1) is 12.7. The lowest BCUT2D eigenvalue weighted by atomic mass is 10.0. The maximum Gasteiger partial charge on any atom is 0.338 e. The molecule has 4 heteroatoms. The van der Waals surface area contributed by atoms with Gasteiger partial charge in [0.25, 0.3) is 0 Å². The number of ether oxygens (including phenoxy) is 2. The van der Waals surface area contributed by atoms with Crippen LogP contribution in [-0.4, -0.2) is 24.7 Å². The van der Waals surface area contributed by atoms with E-state index in [0.29, 0.717) is 5.56 Å². The second-order valence-electron chi connectivity index (χ2n) is 6.14. The first-order valence-electron chi connectivity index (χ1n) is 8.94. The summed E-state index contributed by atoms with van der Waals surface area (Å²) < 4.78 is 10.7. The highest BCUT2D eigenvalue weighted by atomic mass is 16.5. The van der Waals surface area contributed by atoms with E-state index in [0.717, 1.165) is 40.9 Å². The molecule has 0 saturated carbocycles. The Morgan fingerprint density at radius 3 is 2.54 bits per heavy atom. The zero-order chi connectivity index (χ0) is 18.4. The second kappa shape index (κ2) is 8.48. The van der Waals surface area contributed by atoms with Crippen molar-refractivity contribution in [3.05, 3.63) is 60.2 Å². The third kappa shape index (κ3) is 4.02. The van der Waals surface area contributed by atoms with Gasteiger partial charge in [0, 0.05) is 10.9 Å². The summed E-state index contributed by atoms with van der Waals surface area (Å²) in [6, 6.07) is 17.2. The number of hydrogen-bond acceptors (Lipinski definition) is 4. The average molecular weight is 349 g/mol. The Hall–Kier alpha value is -2.88. The highest BCUT2D eigenvalue weighted by Crippen LogP contribution is 2.26. The molecule has 0 bridgehead atoms. The quantitative estimate of drug-likeness (QED) is 0.431. The summed E-state index contributed by atoms with van der Waals surface area (Å²) in [6.07, 6.45) is 3.42. The van der Waals surface area contributed by atoms with Crippen LogP contribution in [-0.2, 0) is 4.74 Å². The van der Waals surface area contributed by atoms with Gasteiger partial charge in [0.15, 0.2) is 0 Å². The van der Waals surface area contributed by atoms with Crippen LogP contribution in [0.4, 0.5) is 0 Å². The molecule has 0 aliphatic carbocycles. The van der Waals surface area contributed by atoms with Crippen LogP contribution in [0.1, 0.15) is 36.5 Å². The van der Waals surface area contributed by atoms with E-state index in [2.05, 4.69) is 6.92 Å². The number of hydrogen-bond donors (Lipinski definition) is 0. The van der Waals surface area contributed by atoms with Gasteiger partial charge in [0.1, 0.15) is 5.75 Å². The monoisotopic (exact) mass is 349 g/mol.